The number of carbonyl (C=O) groups is 2. The van der Waals surface area contributed by atoms with Crippen LogP contribution in [-0.4, -0.2) is 25.4 Å². The highest BCUT2D eigenvalue weighted by molar-refractivity contribution is 5.71. The lowest BCUT2D eigenvalue weighted by atomic mass is 9.95. The first-order valence-electron chi connectivity index (χ1n) is 15.5. The van der Waals surface area contributed by atoms with Crippen molar-refractivity contribution >= 4 is 12.2 Å². The van der Waals surface area contributed by atoms with Gasteiger partial charge in [0.15, 0.2) is 0 Å². The fourth-order valence-corrected chi connectivity index (χ4v) is 5.51. The van der Waals surface area contributed by atoms with Crippen molar-refractivity contribution in [3.63, 3.8) is 0 Å². The maximum Gasteiger partial charge on any atom is 0.405 e. The zero-order chi connectivity index (χ0) is 33.0. The molecule has 0 aliphatic rings. The third-order valence-corrected chi connectivity index (χ3v) is 7.76. The monoisotopic (exact) mass is 630 g/mol. The molecule has 5 rings (SSSR count). The number of aryl methyl sites for hydroxylation is 1. The number of rotatable bonds is 14. The summed E-state index contributed by atoms with van der Waals surface area (Å²) in [6.07, 6.45) is -2.57. The average Bonchev–Trinajstić information content (AvgIpc) is 3.08. The van der Waals surface area contributed by atoms with Crippen molar-refractivity contribution in [1.82, 2.24) is 0 Å². The Balaban J connectivity index is 1.31. The number of hydrogen-bond donors (Lipinski definition) is 2. The SMILES string of the molecule is Cc1ccc(C(CCOc2ccccc2-c2ccccc2)OC(N)=O)cc1C(CCOc1ccccc1-c1ccccc1)OC(N)=O. The first kappa shape index (κ1) is 32.6. The van der Waals surface area contributed by atoms with Crippen LogP contribution in [0.4, 0.5) is 9.59 Å². The summed E-state index contributed by atoms with van der Waals surface area (Å²) >= 11 is 0. The molecule has 0 heterocycles. The molecular weight excluding hydrogens is 592 g/mol. The summed E-state index contributed by atoms with van der Waals surface area (Å²) < 4.78 is 23.5. The van der Waals surface area contributed by atoms with Gasteiger partial charge < -0.3 is 30.4 Å². The molecule has 0 radical (unpaired) electrons. The molecule has 5 aromatic carbocycles. The molecule has 8 heteroatoms. The van der Waals surface area contributed by atoms with Crippen molar-refractivity contribution in [3.05, 3.63) is 144 Å². The molecule has 240 valence electrons. The molecule has 2 amide bonds. The molecule has 5 aromatic rings. The molecule has 8 nitrogen and oxygen atoms in total. The highest BCUT2D eigenvalue weighted by atomic mass is 16.6. The van der Waals surface area contributed by atoms with Gasteiger partial charge in [-0.15, -0.1) is 0 Å². The summed E-state index contributed by atoms with van der Waals surface area (Å²) in [5.41, 5.74) is 17.2. The normalized spacial score (nSPS) is 12.0. The van der Waals surface area contributed by atoms with Crippen molar-refractivity contribution in [2.24, 2.45) is 11.5 Å². The summed E-state index contributed by atoms with van der Waals surface area (Å²) in [6, 6.07) is 41.1. The lowest BCUT2D eigenvalue weighted by molar-refractivity contribution is 0.0875. The number of hydrogen-bond acceptors (Lipinski definition) is 6. The second-order valence-electron chi connectivity index (χ2n) is 11.0. The van der Waals surface area contributed by atoms with E-state index in [1.54, 1.807) is 0 Å². The minimum absolute atomic E-state index is 0.251. The minimum Gasteiger partial charge on any atom is -0.493 e. The van der Waals surface area contributed by atoms with Gasteiger partial charge in [0.1, 0.15) is 23.7 Å². The van der Waals surface area contributed by atoms with Crippen LogP contribution in [0.15, 0.2) is 127 Å². The van der Waals surface area contributed by atoms with Crippen LogP contribution in [0.1, 0.15) is 41.7 Å². The Kier molecular flexibility index (Phi) is 11.1. The van der Waals surface area contributed by atoms with Crippen LogP contribution in [0.2, 0.25) is 0 Å². The fourth-order valence-electron chi connectivity index (χ4n) is 5.51. The Hall–Kier alpha value is -5.76. The van der Waals surface area contributed by atoms with E-state index in [-0.39, 0.29) is 13.2 Å². The molecular formula is C39H38N2O6. The molecule has 2 unspecified atom stereocenters. The smallest absolute Gasteiger partial charge is 0.405 e. The van der Waals surface area contributed by atoms with E-state index in [9.17, 15) is 9.59 Å². The van der Waals surface area contributed by atoms with Gasteiger partial charge in [0.2, 0.25) is 0 Å². The number of nitrogens with two attached hydrogens (primary N) is 2. The van der Waals surface area contributed by atoms with E-state index >= 15 is 0 Å². The lowest BCUT2D eigenvalue weighted by Crippen LogP contribution is -2.21. The maximum absolute atomic E-state index is 12.0. The zero-order valence-electron chi connectivity index (χ0n) is 26.2. The second-order valence-corrected chi connectivity index (χ2v) is 11.0. The van der Waals surface area contributed by atoms with Crippen LogP contribution >= 0.6 is 0 Å². The Bertz CT molecular complexity index is 1780. The van der Waals surface area contributed by atoms with Gasteiger partial charge in [-0.05, 0) is 52.9 Å². The largest absolute Gasteiger partial charge is 0.493 e. The van der Waals surface area contributed by atoms with Gasteiger partial charge in [-0.2, -0.15) is 0 Å². The number of amides is 2. The van der Waals surface area contributed by atoms with Crippen LogP contribution in [0.25, 0.3) is 22.3 Å². The van der Waals surface area contributed by atoms with Crippen molar-refractivity contribution < 1.29 is 28.5 Å². The van der Waals surface area contributed by atoms with Gasteiger partial charge in [-0.3, -0.25) is 0 Å². The molecule has 0 spiro atoms. The van der Waals surface area contributed by atoms with Gasteiger partial charge >= 0.3 is 12.2 Å². The fraction of sp³-hybridized carbons (Fsp3) is 0.179. The van der Waals surface area contributed by atoms with Crippen molar-refractivity contribution in [2.45, 2.75) is 32.0 Å². The summed E-state index contributed by atoms with van der Waals surface area (Å²) in [4.78, 5) is 23.9. The van der Waals surface area contributed by atoms with E-state index in [2.05, 4.69) is 0 Å². The third-order valence-electron chi connectivity index (χ3n) is 7.76. The molecule has 0 aromatic heterocycles. The maximum atomic E-state index is 12.0. The Morgan fingerprint density at radius 3 is 1.53 bits per heavy atom. The summed E-state index contributed by atoms with van der Waals surface area (Å²) in [5, 5.41) is 0. The van der Waals surface area contributed by atoms with E-state index in [1.807, 2.05) is 134 Å². The van der Waals surface area contributed by atoms with Gasteiger partial charge in [0.25, 0.3) is 0 Å². The van der Waals surface area contributed by atoms with Crippen LogP contribution in [0.3, 0.4) is 0 Å². The predicted molar refractivity (Wildman–Crippen MR) is 182 cm³/mol. The highest BCUT2D eigenvalue weighted by Gasteiger charge is 2.23. The molecule has 2 atom stereocenters. The third kappa shape index (κ3) is 8.92. The topological polar surface area (TPSA) is 123 Å². The number of primary amides is 2. The van der Waals surface area contributed by atoms with E-state index in [4.69, 9.17) is 30.4 Å². The summed E-state index contributed by atoms with van der Waals surface area (Å²) in [7, 11) is 0. The van der Waals surface area contributed by atoms with Gasteiger partial charge in [0.05, 0.1) is 13.2 Å². The molecule has 0 saturated carbocycles. The van der Waals surface area contributed by atoms with E-state index in [1.165, 1.54) is 0 Å². The molecule has 0 bridgehead atoms. The highest BCUT2D eigenvalue weighted by Crippen LogP contribution is 2.34. The van der Waals surface area contributed by atoms with E-state index < -0.39 is 24.4 Å². The van der Waals surface area contributed by atoms with E-state index in [0.29, 0.717) is 29.9 Å². The van der Waals surface area contributed by atoms with Gasteiger partial charge in [-0.25, -0.2) is 9.59 Å². The van der Waals surface area contributed by atoms with Gasteiger partial charge in [0, 0.05) is 24.0 Å². The standard InChI is InChI=1S/C39H38N2O6/c1-27-20-21-30(34(46-38(40)42)22-24-44-35-18-10-8-16-31(35)28-12-4-2-5-13-28)26-33(27)37(47-39(41)43)23-25-45-36-19-11-9-17-32(36)29-14-6-3-7-15-29/h2-21,26,34,37H,22-25H2,1H3,(H2,40,42)(H2,41,43). The number of ether oxygens (including phenoxy) is 4. The Morgan fingerprint density at radius 2 is 1.02 bits per heavy atom. The van der Waals surface area contributed by atoms with Crippen LogP contribution in [0.5, 0.6) is 11.5 Å². The molecule has 0 fully saturated rings. The second kappa shape index (κ2) is 16.0. The van der Waals surface area contributed by atoms with Gasteiger partial charge in [-0.1, -0.05) is 109 Å². The first-order chi connectivity index (χ1) is 22.9. The Morgan fingerprint density at radius 1 is 0.574 bits per heavy atom. The average molecular weight is 631 g/mol. The van der Waals surface area contributed by atoms with Crippen molar-refractivity contribution in [3.8, 4) is 33.8 Å². The zero-order valence-corrected chi connectivity index (χ0v) is 26.2. The molecule has 0 saturated heterocycles. The number of carbonyl (C=O) groups excluding carboxylic acids is 2. The summed E-state index contributed by atoms with van der Waals surface area (Å²) in [5.74, 6) is 1.43. The number of para-hydroxylation sites is 2. The minimum atomic E-state index is -0.905. The molecule has 47 heavy (non-hydrogen) atoms. The lowest BCUT2D eigenvalue weighted by Gasteiger charge is -2.23. The Labute approximate surface area is 274 Å². The predicted octanol–water partition coefficient (Wildman–Crippen LogP) is 8.54. The molecule has 0 aliphatic heterocycles. The van der Waals surface area contributed by atoms with E-state index in [0.717, 1.165) is 33.4 Å². The first-order valence-corrected chi connectivity index (χ1v) is 15.5. The van der Waals surface area contributed by atoms with Crippen LogP contribution < -0.4 is 20.9 Å². The molecule has 4 N–H and O–H groups in total. The van der Waals surface area contributed by atoms with Crippen LogP contribution in [0, 0.1) is 6.92 Å². The summed E-state index contributed by atoms with van der Waals surface area (Å²) in [6.45, 7) is 2.41. The van der Waals surface area contributed by atoms with Crippen molar-refractivity contribution in [1.29, 1.82) is 0 Å². The van der Waals surface area contributed by atoms with Crippen molar-refractivity contribution in [2.75, 3.05) is 13.2 Å². The molecule has 0 aliphatic carbocycles. The number of benzene rings is 5. The van der Waals surface area contributed by atoms with Crippen LogP contribution in [-0.2, 0) is 9.47 Å². The quantitative estimate of drug-likeness (QED) is 0.127.